The monoisotopic (exact) mass is 503 g/mol. The van der Waals surface area contributed by atoms with Gasteiger partial charge in [-0.1, -0.05) is 60.7 Å². The molecule has 6 heteroatoms. The first-order valence-corrected chi connectivity index (χ1v) is 11.1. The summed E-state index contributed by atoms with van der Waals surface area (Å²) in [5.41, 5.74) is 2.01. The Kier molecular flexibility index (Phi) is 7.27. The largest absolute Gasteiger partial charge is 0.493 e. The predicted molar refractivity (Wildman–Crippen MR) is 132 cm³/mol. The van der Waals surface area contributed by atoms with Crippen LogP contribution >= 0.6 is 15.9 Å². The lowest BCUT2D eigenvalue weighted by atomic mass is 10.1. The average Bonchev–Trinajstić information content (AvgIpc) is 2.85. The third-order valence-electron chi connectivity index (χ3n) is 4.82. The second-order valence-corrected chi connectivity index (χ2v) is 7.98. The van der Waals surface area contributed by atoms with E-state index in [-0.39, 0.29) is 5.91 Å². The second kappa shape index (κ2) is 10.7. The van der Waals surface area contributed by atoms with Crippen molar-refractivity contribution in [2.75, 3.05) is 12.4 Å². The van der Waals surface area contributed by atoms with Crippen LogP contribution < -0.4 is 19.5 Å². The van der Waals surface area contributed by atoms with Crippen molar-refractivity contribution in [1.29, 1.82) is 0 Å². The molecule has 0 radical (unpaired) electrons. The zero-order valence-corrected chi connectivity index (χ0v) is 19.5. The van der Waals surface area contributed by atoms with Crippen LogP contribution in [0.5, 0.6) is 23.0 Å². The maximum absolute atomic E-state index is 13.0. The van der Waals surface area contributed by atoms with Crippen molar-refractivity contribution in [3.05, 3.63) is 113 Å². The first-order valence-electron chi connectivity index (χ1n) is 10.3. The van der Waals surface area contributed by atoms with Crippen LogP contribution in [0.3, 0.4) is 0 Å². The summed E-state index contributed by atoms with van der Waals surface area (Å²) in [5, 5.41) is 2.92. The van der Waals surface area contributed by atoms with Crippen LogP contribution in [0.25, 0.3) is 0 Å². The van der Waals surface area contributed by atoms with Gasteiger partial charge in [-0.3, -0.25) is 4.79 Å². The molecule has 0 aliphatic rings. The Morgan fingerprint density at radius 3 is 2.24 bits per heavy atom. The summed E-state index contributed by atoms with van der Waals surface area (Å²) < 4.78 is 18.0. The molecule has 0 saturated carbocycles. The van der Waals surface area contributed by atoms with Crippen molar-refractivity contribution in [3.8, 4) is 23.0 Å². The summed E-state index contributed by atoms with van der Waals surface area (Å²) in [6.07, 6.45) is 0. The molecule has 0 unspecified atom stereocenters. The highest BCUT2D eigenvalue weighted by atomic mass is 79.9. The van der Waals surface area contributed by atoms with Gasteiger partial charge in [0.25, 0.3) is 5.91 Å². The van der Waals surface area contributed by atoms with Gasteiger partial charge in [0.1, 0.15) is 12.4 Å². The molecule has 33 heavy (non-hydrogen) atoms. The summed E-state index contributed by atoms with van der Waals surface area (Å²) in [4.78, 5) is 13.0. The average molecular weight is 504 g/mol. The highest BCUT2D eigenvalue weighted by Gasteiger charge is 2.17. The second-order valence-electron chi connectivity index (χ2n) is 7.13. The minimum absolute atomic E-state index is 0.298. The number of anilines is 1. The van der Waals surface area contributed by atoms with Gasteiger partial charge in [0, 0.05) is 5.56 Å². The Morgan fingerprint density at radius 1 is 0.848 bits per heavy atom. The minimum Gasteiger partial charge on any atom is -0.493 e. The van der Waals surface area contributed by atoms with Crippen LogP contribution in [-0.4, -0.2) is 13.0 Å². The van der Waals surface area contributed by atoms with Crippen molar-refractivity contribution in [2.45, 2.75) is 6.61 Å². The molecule has 0 saturated heterocycles. The Balaban J connectivity index is 1.52. The normalized spacial score (nSPS) is 10.4. The predicted octanol–water partition coefficient (Wildman–Crippen LogP) is 7.08. The lowest BCUT2D eigenvalue weighted by Crippen LogP contribution is -2.13. The molecule has 0 atom stereocenters. The highest BCUT2D eigenvalue weighted by Crippen LogP contribution is 2.38. The van der Waals surface area contributed by atoms with Gasteiger partial charge >= 0.3 is 0 Å². The molecule has 4 aromatic carbocycles. The number of hydrogen-bond donors (Lipinski definition) is 1. The van der Waals surface area contributed by atoms with Gasteiger partial charge in [0.15, 0.2) is 17.2 Å². The molecule has 4 rings (SSSR count). The quantitative estimate of drug-likeness (QED) is 0.279. The molecule has 0 spiro atoms. The van der Waals surface area contributed by atoms with Crippen molar-refractivity contribution >= 4 is 27.5 Å². The van der Waals surface area contributed by atoms with Crippen molar-refractivity contribution in [1.82, 2.24) is 0 Å². The first kappa shape index (κ1) is 22.4. The summed E-state index contributed by atoms with van der Waals surface area (Å²) in [7, 11) is 1.54. The Labute approximate surface area is 201 Å². The van der Waals surface area contributed by atoms with E-state index in [9.17, 15) is 4.79 Å². The molecule has 0 aliphatic heterocycles. The molecular formula is C27H22BrNO4. The van der Waals surface area contributed by atoms with Crippen molar-refractivity contribution < 1.29 is 19.0 Å². The van der Waals surface area contributed by atoms with Crippen LogP contribution in [0.1, 0.15) is 15.9 Å². The lowest BCUT2D eigenvalue weighted by molar-refractivity contribution is 0.102. The van der Waals surface area contributed by atoms with E-state index in [1.807, 2.05) is 72.8 Å². The van der Waals surface area contributed by atoms with E-state index in [4.69, 9.17) is 14.2 Å². The van der Waals surface area contributed by atoms with E-state index in [0.717, 1.165) is 5.56 Å². The van der Waals surface area contributed by atoms with Gasteiger partial charge in [-0.15, -0.1) is 0 Å². The fraction of sp³-hybridized carbons (Fsp3) is 0.0741. The van der Waals surface area contributed by atoms with Gasteiger partial charge in [-0.05, 0) is 57.9 Å². The number of nitrogens with one attached hydrogen (secondary N) is 1. The standard InChI is InChI=1S/C27H22BrNO4/c1-31-25-17-20(16-22(28)26(25)32-18-19-10-4-2-5-11-19)27(30)29-23-14-8-9-15-24(23)33-21-12-6-3-7-13-21/h2-17H,18H2,1H3,(H,29,30). The number of ether oxygens (including phenoxy) is 3. The lowest BCUT2D eigenvalue weighted by Gasteiger charge is -2.15. The fourth-order valence-electron chi connectivity index (χ4n) is 3.19. The number of halogens is 1. The van der Waals surface area contributed by atoms with E-state index in [0.29, 0.717) is 45.3 Å². The van der Waals surface area contributed by atoms with Crippen LogP contribution in [0.4, 0.5) is 5.69 Å². The van der Waals surface area contributed by atoms with Crippen LogP contribution in [0.15, 0.2) is 102 Å². The number of carbonyl (C=O) groups is 1. The molecule has 5 nitrogen and oxygen atoms in total. The maximum atomic E-state index is 13.0. The van der Waals surface area contributed by atoms with Crippen LogP contribution in [0, 0.1) is 0 Å². The fourth-order valence-corrected chi connectivity index (χ4v) is 3.75. The third kappa shape index (κ3) is 5.73. The summed E-state index contributed by atoms with van der Waals surface area (Å²) in [5.74, 6) is 1.92. The van der Waals surface area contributed by atoms with Crippen molar-refractivity contribution in [2.24, 2.45) is 0 Å². The zero-order chi connectivity index (χ0) is 23.0. The molecule has 0 aromatic heterocycles. The molecule has 166 valence electrons. The minimum atomic E-state index is -0.298. The number of benzene rings is 4. The van der Waals surface area contributed by atoms with Gasteiger partial charge < -0.3 is 19.5 Å². The van der Waals surface area contributed by atoms with E-state index in [2.05, 4.69) is 21.2 Å². The Hall–Kier alpha value is -3.77. The highest BCUT2D eigenvalue weighted by molar-refractivity contribution is 9.10. The third-order valence-corrected chi connectivity index (χ3v) is 5.41. The summed E-state index contributed by atoms with van der Waals surface area (Å²) >= 11 is 3.52. The van der Waals surface area contributed by atoms with Gasteiger partial charge in [0.05, 0.1) is 17.3 Å². The van der Waals surface area contributed by atoms with E-state index < -0.39 is 0 Å². The molecule has 1 N–H and O–H groups in total. The van der Waals surface area contributed by atoms with Crippen LogP contribution in [-0.2, 0) is 6.61 Å². The number of methoxy groups -OCH3 is 1. The molecule has 0 heterocycles. The van der Waals surface area contributed by atoms with Gasteiger partial charge in [0.2, 0.25) is 0 Å². The molecule has 0 fully saturated rings. The molecule has 1 amide bonds. The molecule has 0 aliphatic carbocycles. The number of para-hydroxylation sites is 3. The van der Waals surface area contributed by atoms with Crippen molar-refractivity contribution in [3.63, 3.8) is 0 Å². The topological polar surface area (TPSA) is 56.8 Å². The number of hydrogen-bond acceptors (Lipinski definition) is 4. The zero-order valence-electron chi connectivity index (χ0n) is 18.0. The number of carbonyl (C=O) groups excluding carboxylic acids is 1. The SMILES string of the molecule is COc1cc(C(=O)Nc2ccccc2Oc2ccccc2)cc(Br)c1OCc1ccccc1. The van der Waals surface area contributed by atoms with E-state index in [1.165, 1.54) is 0 Å². The summed E-state index contributed by atoms with van der Waals surface area (Å²) in [6, 6.07) is 29.9. The van der Waals surface area contributed by atoms with Crippen LogP contribution in [0.2, 0.25) is 0 Å². The van der Waals surface area contributed by atoms with Gasteiger partial charge in [-0.2, -0.15) is 0 Å². The number of amides is 1. The summed E-state index contributed by atoms with van der Waals surface area (Å²) in [6.45, 7) is 0.380. The first-order chi connectivity index (χ1) is 16.1. The maximum Gasteiger partial charge on any atom is 0.255 e. The van der Waals surface area contributed by atoms with E-state index in [1.54, 1.807) is 31.4 Å². The van der Waals surface area contributed by atoms with E-state index >= 15 is 0 Å². The Bertz CT molecular complexity index is 1230. The smallest absolute Gasteiger partial charge is 0.255 e. The Morgan fingerprint density at radius 2 is 1.52 bits per heavy atom. The number of rotatable bonds is 8. The molecular weight excluding hydrogens is 482 g/mol. The molecule has 4 aromatic rings. The molecule has 0 bridgehead atoms. The van der Waals surface area contributed by atoms with Gasteiger partial charge in [-0.25, -0.2) is 0 Å².